The molecule has 0 radical (unpaired) electrons. The highest BCUT2D eigenvalue weighted by Crippen LogP contribution is 2.35. The van der Waals surface area contributed by atoms with E-state index in [1.807, 2.05) is 11.0 Å². The van der Waals surface area contributed by atoms with Crippen LogP contribution in [0.5, 0.6) is 0 Å². The number of rotatable bonds is 6. The second-order valence-corrected chi connectivity index (χ2v) is 8.71. The van der Waals surface area contributed by atoms with E-state index in [9.17, 15) is 23.6 Å². The molecule has 4 rings (SSSR count). The molecule has 5 nitrogen and oxygen atoms in total. The lowest BCUT2D eigenvalue weighted by molar-refractivity contribution is -0.605. The molecule has 1 fully saturated rings. The largest absolute Gasteiger partial charge is 0.619 e. The van der Waals surface area contributed by atoms with Gasteiger partial charge in [0.1, 0.15) is 6.07 Å². The van der Waals surface area contributed by atoms with Crippen molar-refractivity contribution in [1.82, 2.24) is 4.90 Å². The van der Waals surface area contributed by atoms with Crippen LogP contribution in [0.25, 0.3) is 0 Å². The Kier molecular flexibility index (Phi) is 6.96. The van der Waals surface area contributed by atoms with Gasteiger partial charge in [0.25, 0.3) is 0 Å². The third-order valence-electron chi connectivity index (χ3n) is 6.03. The Morgan fingerprint density at radius 2 is 1.88 bits per heavy atom. The highest BCUT2D eigenvalue weighted by molar-refractivity contribution is 6.32. The summed E-state index contributed by atoms with van der Waals surface area (Å²) < 4.78 is 41.7. The van der Waals surface area contributed by atoms with Gasteiger partial charge in [-0.25, -0.2) is 0 Å². The summed E-state index contributed by atoms with van der Waals surface area (Å²) in [4.78, 5) is 4.15. The molecular weight excluding hydrogens is 465 g/mol. The summed E-state index contributed by atoms with van der Waals surface area (Å²) >= 11 is 6.27. The van der Waals surface area contributed by atoms with E-state index >= 15 is 0 Å². The molecule has 9 heteroatoms. The van der Waals surface area contributed by atoms with Gasteiger partial charge in [0.2, 0.25) is 0 Å². The molecule has 0 unspecified atom stereocenters. The van der Waals surface area contributed by atoms with Crippen molar-refractivity contribution in [2.45, 2.75) is 31.7 Å². The lowest BCUT2D eigenvalue weighted by atomic mass is 10.0. The van der Waals surface area contributed by atoms with E-state index in [2.05, 4.69) is 4.90 Å². The lowest BCUT2D eigenvalue weighted by Crippen LogP contribution is -2.37. The number of hydrogen-bond donors (Lipinski definition) is 0. The van der Waals surface area contributed by atoms with Crippen LogP contribution in [0.15, 0.2) is 67.0 Å². The average Bonchev–Trinajstić information content (AvgIpc) is 3.26. The minimum Gasteiger partial charge on any atom is -0.619 e. The summed E-state index contributed by atoms with van der Waals surface area (Å²) in [6, 6.07) is 16.0. The molecule has 0 bridgehead atoms. The maximum atomic E-state index is 13.7. The van der Waals surface area contributed by atoms with Crippen LogP contribution in [0.2, 0.25) is 5.02 Å². The van der Waals surface area contributed by atoms with Crippen LogP contribution in [0.1, 0.15) is 28.7 Å². The van der Waals surface area contributed by atoms with Crippen molar-refractivity contribution in [1.29, 1.82) is 5.26 Å². The lowest BCUT2D eigenvalue weighted by Gasteiger charge is -2.32. The van der Waals surface area contributed by atoms with E-state index in [-0.39, 0.29) is 23.2 Å². The minimum absolute atomic E-state index is 0.0535. The quantitative estimate of drug-likeness (QED) is 0.357. The van der Waals surface area contributed by atoms with Crippen LogP contribution < -0.4 is 9.63 Å². The number of pyridine rings is 1. The maximum Gasteiger partial charge on any atom is 0.416 e. The van der Waals surface area contributed by atoms with Gasteiger partial charge in [-0.1, -0.05) is 29.8 Å². The summed E-state index contributed by atoms with van der Waals surface area (Å²) in [5, 5.41) is 20.8. The van der Waals surface area contributed by atoms with Gasteiger partial charge in [-0.3, -0.25) is 4.90 Å². The Balaban J connectivity index is 1.62. The van der Waals surface area contributed by atoms with Crippen molar-refractivity contribution in [3.63, 3.8) is 0 Å². The van der Waals surface area contributed by atoms with Crippen molar-refractivity contribution >= 4 is 17.3 Å². The molecule has 176 valence electrons. The van der Waals surface area contributed by atoms with Gasteiger partial charge in [0.15, 0.2) is 12.4 Å². The molecule has 1 aromatic heterocycles. The highest BCUT2D eigenvalue weighted by atomic mass is 35.5. The molecule has 1 saturated heterocycles. The van der Waals surface area contributed by atoms with Gasteiger partial charge in [-0.15, -0.1) is 0 Å². The third kappa shape index (κ3) is 5.44. The monoisotopic (exact) mass is 486 g/mol. The molecule has 34 heavy (non-hydrogen) atoms. The smallest absolute Gasteiger partial charge is 0.416 e. The predicted molar refractivity (Wildman–Crippen MR) is 123 cm³/mol. The van der Waals surface area contributed by atoms with Crippen LogP contribution in [0.4, 0.5) is 18.9 Å². The predicted octanol–water partition coefficient (Wildman–Crippen LogP) is 5.14. The first kappa shape index (κ1) is 23.9. The highest BCUT2D eigenvalue weighted by Gasteiger charge is 2.35. The number of hydrogen-bond acceptors (Lipinski definition) is 4. The first-order chi connectivity index (χ1) is 16.2. The fourth-order valence-corrected chi connectivity index (χ4v) is 4.56. The third-order valence-corrected chi connectivity index (χ3v) is 6.35. The molecule has 2 heterocycles. The number of nitriles is 1. The zero-order chi connectivity index (χ0) is 24.3. The van der Waals surface area contributed by atoms with E-state index in [0.717, 1.165) is 29.3 Å². The fraction of sp³-hybridized carbons (Fsp3) is 0.280. The summed E-state index contributed by atoms with van der Waals surface area (Å²) in [5.74, 6) is 0. The second kappa shape index (κ2) is 9.92. The number of aromatic nitrogens is 1. The number of halogens is 4. The van der Waals surface area contributed by atoms with Crippen LogP contribution in [0.3, 0.4) is 0 Å². The van der Waals surface area contributed by atoms with Crippen LogP contribution in [-0.4, -0.2) is 24.0 Å². The number of likely N-dealkylation sites (tertiary alicyclic amines) is 1. The number of benzene rings is 2. The average molecular weight is 487 g/mol. The van der Waals surface area contributed by atoms with Crippen molar-refractivity contribution in [2.24, 2.45) is 0 Å². The van der Waals surface area contributed by atoms with Crippen LogP contribution in [0, 0.1) is 16.5 Å². The van der Waals surface area contributed by atoms with E-state index in [1.165, 1.54) is 24.5 Å². The van der Waals surface area contributed by atoms with Gasteiger partial charge < -0.3 is 10.1 Å². The Bertz CT molecular complexity index is 1190. The van der Waals surface area contributed by atoms with Gasteiger partial charge in [-0.2, -0.15) is 23.2 Å². The fourth-order valence-electron chi connectivity index (χ4n) is 4.34. The topological polar surface area (TPSA) is 57.2 Å². The van der Waals surface area contributed by atoms with Crippen LogP contribution >= 0.6 is 11.6 Å². The van der Waals surface area contributed by atoms with Gasteiger partial charge in [-0.05, 0) is 41.8 Å². The molecule has 1 aliphatic rings. The molecule has 0 amide bonds. The minimum atomic E-state index is -4.46. The summed E-state index contributed by atoms with van der Waals surface area (Å²) in [7, 11) is 0. The van der Waals surface area contributed by atoms with Crippen molar-refractivity contribution in [3.8, 4) is 6.07 Å². The second-order valence-electron chi connectivity index (χ2n) is 8.30. The Hall–Kier alpha value is -3.28. The summed E-state index contributed by atoms with van der Waals surface area (Å²) in [5.41, 5.74) is 1.48. The first-order valence-electron chi connectivity index (χ1n) is 10.8. The number of nitrogens with zero attached hydrogens (tertiary/aromatic N) is 4. The van der Waals surface area contributed by atoms with E-state index in [1.54, 1.807) is 36.4 Å². The summed E-state index contributed by atoms with van der Waals surface area (Å²) in [6.07, 6.45) is -0.817. The zero-order valence-corrected chi connectivity index (χ0v) is 18.9. The maximum absolute atomic E-state index is 13.7. The molecule has 2 aromatic carbocycles. The van der Waals surface area contributed by atoms with E-state index < -0.39 is 11.7 Å². The Morgan fingerprint density at radius 1 is 1.15 bits per heavy atom. The molecule has 3 aromatic rings. The number of alkyl halides is 3. The zero-order valence-electron chi connectivity index (χ0n) is 18.2. The molecular formula is C25H22ClF3N4O. The molecule has 0 N–H and O–H groups in total. The molecule has 1 aliphatic heterocycles. The summed E-state index contributed by atoms with van der Waals surface area (Å²) in [6.45, 7) is 2.09. The first-order valence-corrected chi connectivity index (χ1v) is 11.1. The van der Waals surface area contributed by atoms with E-state index in [0.29, 0.717) is 24.3 Å². The molecule has 1 atom stereocenters. The Labute approximate surface area is 200 Å². The normalized spacial score (nSPS) is 16.4. The van der Waals surface area contributed by atoms with Gasteiger partial charge in [0, 0.05) is 50.0 Å². The molecule has 0 spiro atoms. The van der Waals surface area contributed by atoms with Crippen molar-refractivity contribution in [3.05, 3.63) is 99.5 Å². The molecule has 0 aliphatic carbocycles. The molecule has 0 saturated carbocycles. The van der Waals surface area contributed by atoms with Crippen LogP contribution in [-0.2, 0) is 19.3 Å². The standard InChI is InChI=1S/C25H22ClF3N4O/c26-24-13-21(6-5-19(24)14-30)33(16-20-3-1-2-4-23(20)25(27,28)29)22-9-10-31(17-22)15-18-7-11-32(34)12-8-18/h1-8,11-13,22H,9-10,15-17H2/t22-/m0/s1. The van der Waals surface area contributed by atoms with Gasteiger partial charge >= 0.3 is 6.18 Å². The Morgan fingerprint density at radius 3 is 2.56 bits per heavy atom. The van der Waals surface area contributed by atoms with Crippen molar-refractivity contribution in [2.75, 3.05) is 18.0 Å². The van der Waals surface area contributed by atoms with Crippen molar-refractivity contribution < 1.29 is 17.9 Å². The van der Waals surface area contributed by atoms with Gasteiger partial charge in [0.05, 0.1) is 16.1 Å². The van der Waals surface area contributed by atoms with E-state index in [4.69, 9.17) is 11.6 Å². The SMILES string of the molecule is N#Cc1ccc(N(Cc2ccccc2C(F)(F)F)[C@H]2CCN(Cc3cc[n+]([O-])cc3)C2)cc1Cl. The number of anilines is 1.